The highest BCUT2D eigenvalue weighted by Crippen LogP contribution is 2.28. The Hall–Kier alpha value is -2.83. The summed E-state index contributed by atoms with van der Waals surface area (Å²) in [6, 6.07) is 4.01. The largest absolute Gasteiger partial charge is 0.444 e. The standard InChI is InChI=1S/C29H47N3O4/c1-11-14-21(6)30-26(33)25(23-16-13-15-20(5)22(23)7)32(17-12-2)27(34)24(18-19(3)4)31-28(35)36-29(8,9)10/h12-13,15-16,19,21,24-25H,2,11,14,17-18H2,1,3-10H3,(H,30,33)(H,31,35). The molecule has 202 valence electrons. The van der Waals surface area contributed by atoms with Gasteiger partial charge in [-0.15, -0.1) is 6.58 Å². The highest BCUT2D eigenvalue weighted by atomic mass is 16.6. The molecule has 1 aromatic rings. The monoisotopic (exact) mass is 501 g/mol. The molecular formula is C29H47N3O4. The Bertz CT molecular complexity index is 904. The van der Waals surface area contributed by atoms with Crippen molar-refractivity contribution >= 4 is 17.9 Å². The Kier molecular flexibility index (Phi) is 12.2. The second kappa shape index (κ2) is 14.0. The first-order valence-corrected chi connectivity index (χ1v) is 13.0. The van der Waals surface area contributed by atoms with Crippen molar-refractivity contribution in [1.29, 1.82) is 0 Å². The number of nitrogens with one attached hydrogen (secondary N) is 2. The van der Waals surface area contributed by atoms with Crippen LogP contribution in [-0.4, -0.2) is 47.0 Å². The molecule has 0 saturated carbocycles. The van der Waals surface area contributed by atoms with Gasteiger partial charge in [-0.2, -0.15) is 0 Å². The van der Waals surface area contributed by atoms with E-state index in [1.807, 2.05) is 52.8 Å². The smallest absolute Gasteiger partial charge is 0.408 e. The minimum Gasteiger partial charge on any atom is -0.444 e. The highest BCUT2D eigenvalue weighted by molar-refractivity contribution is 5.92. The number of benzene rings is 1. The van der Waals surface area contributed by atoms with Gasteiger partial charge in [0.1, 0.15) is 17.7 Å². The van der Waals surface area contributed by atoms with Crippen LogP contribution in [0.15, 0.2) is 30.9 Å². The van der Waals surface area contributed by atoms with Gasteiger partial charge in [-0.3, -0.25) is 9.59 Å². The molecule has 0 aliphatic heterocycles. The van der Waals surface area contributed by atoms with Crippen molar-refractivity contribution in [1.82, 2.24) is 15.5 Å². The average Bonchev–Trinajstić information content (AvgIpc) is 2.73. The third-order valence-corrected chi connectivity index (χ3v) is 5.92. The summed E-state index contributed by atoms with van der Waals surface area (Å²) in [5.74, 6) is -0.476. The molecule has 0 bridgehead atoms. The van der Waals surface area contributed by atoms with Gasteiger partial charge in [0.25, 0.3) is 0 Å². The molecule has 2 N–H and O–H groups in total. The van der Waals surface area contributed by atoms with E-state index in [-0.39, 0.29) is 30.3 Å². The van der Waals surface area contributed by atoms with Crippen molar-refractivity contribution in [2.45, 2.75) is 105 Å². The summed E-state index contributed by atoms with van der Waals surface area (Å²) in [4.78, 5) is 41.9. The fourth-order valence-electron chi connectivity index (χ4n) is 4.15. The van der Waals surface area contributed by atoms with Crippen molar-refractivity contribution < 1.29 is 19.1 Å². The number of alkyl carbamates (subject to hydrolysis) is 1. The fourth-order valence-corrected chi connectivity index (χ4v) is 4.15. The van der Waals surface area contributed by atoms with Gasteiger partial charge in [0.2, 0.25) is 11.8 Å². The van der Waals surface area contributed by atoms with Crippen LogP contribution in [0.5, 0.6) is 0 Å². The van der Waals surface area contributed by atoms with Crippen LogP contribution in [0.2, 0.25) is 0 Å². The van der Waals surface area contributed by atoms with Gasteiger partial charge in [-0.1, -0.05) is 51.5 Å². The number of ether oxygens (including phenoxy) is 1. The van der Waals surface area contributed by atoms with Crippen molar-refractivity contribution in [2.24, 2.45) is 5.92 Å². The van der Waals surface area contributed by atoms with Crippen LogP contribution >= 0.6 is 0 Å². The average molecular weight is 502 g/mol. The Morgan fingerprint density at radius 1 is 1.11 bits per heavy atom. The number of carbonyl (C=O) groups excluding carboxylic acids is 3. The normalized spacial score (nSPS) is 13.9. The van der Waals surface area contributed by atoms with Gasteiger partial charge in [-0.05, 0) is 77.0 Å². The molecule has 0 aliphatic carbocycles. The molecule has 0 fully saturated rings. The van der Waals surface area contributed by atoms with Crippen molar-refractivity contribution in [3.63, 3.8) is 0 Å². The van der Waals surface area contributed by atoms with Crippen LogP contribution in [0.4, 0.5) is 4.79 Å². The van der Waals surface area contributed by atoms with E-state index in [4.69, 9.17) is 4.74 Å². The molecule has 0 aromatic heterocycles. The molecular weight excluding hydrogens is 454 g/mol. The SMILES string of the molecule is C=CCN(C(=O)C(CC(C)C)NC(=O)OC(C)(C)C)C(C(=O)NC(C)CCC)c1cccc(C)c1C. The van der Waals surface area contributed by atoms with Gasteiger partial charge in [0, 0.05) is 12.6 Å². The van der Waals surface area contributed by atoms with Crippen LogP contribution in [0.3, 0.4) is 0 Å². The number of nitrogens with zero attached hydrogens (tertiary/aromatic N) is 1. The molecule has 0 spiro atoms. The Morgan fingerprint density at radius 3 is 2.28 bits per heavy atom. The lowest BCUT2D eigenvalue weighted by atomic mass is 9.94. The molecule has 1 rings (SSSR count). The molecule has 36 heavy (non-hydrogen) atoms. The topological polar surface area (TPSA) is 87.7 Å². The maximum atomic E-state index is 14.0. The second-order valence-electron chi connectivity index (χ2n) is 11.0. The number of rotatable bonds is 12. The van der Waals surface area contributed by atoms with E-state index in [9.17, 15) is 14.4 Å². The van der Waals surface area contributed by atoms with E-state index in [0.29, 0.717) is 6.42 Å². The van der Waals surface area contributed by atoms with Gasteiger partial charge < -0.3 is 20.3 Å². The van der Waals surface area contributed by atoms with Gasteiger partial charge >= 0.3 is 6.09 Å². The summed E-state index contributed by atoms with van der Waals surface area (Å²) in [6.45, 7) is 21.2. The van der Waals surface area contributed by atoms with Gasteiger partial charge in [0.15, 0.2) is 0 Å². The molecule has 0 heterocycles. The van der Waals surface area contributed by atoms with Crippen molar-refractivity contribution in [3.8, 4) is 0 Å². The van der Waals surface area contributed by atoms with E-state index in [0.717, 1.165) is 29.5 Å². The minimum absolute atomic E-state index is 0.0397. The van der Waals surface area contributed by atoms with Gasteiger partial charge in [0.05, 0.1) is 0 Å². The second-order valence-corrected chi connectivity index (χ2v) is 11.0. The first kappa shape index (κ1) is 31.2. The number of carbonyl (C=O) groups is 3. The number of hydrogen-bond acceptors (Lipinski definition) is 4. The summed E-state index contributed by atoms with van der Waals surface area (Å²) < 4.78 is 5.43. The van der Waals surface area contributed by atoms with E-state index in [2.05, 4.69) is 24.1 Å². The molecule has 3 amide bonds. The van der Waals surface area contributed by atoms with E-state index < -0.39 is 23.8 Å². The molecule has 0 aliphatic rings. The summed E-state index contributed by atoms with van der Waals surface area (Å²) in [6.07, 6.45) is 3.11. The lowest BCUT2D eigenvalue weighted by molar-refractivity contribution is -0.142. The zero-order chi connectivity index (χ0) is 27.6. The number of hydrogen-bond donors (Lipinski definition) is 2. The maximum Gasteiger partial charge on any atom is 0.408 e. The molecule has 0 saturated heterocycles. The molecule has 0 radical (unpaired) electrons. The summed E-state index contributed by atoms with van der Waals surface area (Å²) in [7, 11) is 0. The maximum absolute atomic E-state index is 14.0. The zero-order valence-corrected chi connectivity index (χ0v) is 23.7. The first-order valence-electron chi connectivity index (χ1n) is 13.0. The van der Waals surface area contributed by atoms with Gasteiger partial charge in [-0.25, -0.2) is 4.79 Å². The molecule has 3 atom stereocenters. The number of amides is 3. The third-order valence-electron chi connectivity index (χ3n) is 5.92. The quantitative estimate of drug-likeness (QED) is 0.365. The van der Waals surface area contributed by atoms with Crippen LogP contribution in [-0.2, 0) is 14.3 Å². The first-order chi connectivity index (χ1) is 16.7. The third kappa shape index (κ3) is 9.67. The lowest BCUT2D eigenvalue weighted by Gasteiger charge is -2.35. The van der Waals surface area contributed by atoms with E-state index >= 15 is 0 Å². The molecule has 7 heteroatoms. The Balaban J connectivity index is 3.53. The predicted octanol–water partition coefficient (Wildman–Crippen LogP) is 5.60. The Labute approximate surface area is 218 Å². The summed E-state index contributed by atoms with van der Waals surface area (Å²) >= 11 is 0. The molecule has 3 unspecified atom stereocenters. The summed E-state index contributed by atoms with van der Waals surface area (Å²) in [5, 5.41) is 5.85. The summed E-state index contributed by atoms with van der Waals surface area (Å²) in [5.41, 5.74) is 2.03. The fraction of sp³-hybridized carbons (Fsp3) is 0.621. The molecule has 1 aromatic carbocycles. The lowest BCUT2D eigenvalue weighted by Crippen LogP contribution is -2.54. The van der Waals surface area contributed by atoms with Crippen LogP contribution in [0, 0.1) is 19.8 Å². The van der Waals surface area contributed by atoms with Crippen LogP contribution in [0.25, 0.3) is 0 Å². The van der Waals surface area contributed by atoms with Crippen molar-refractivity contribution in [2.75, 3.05) is 6.54 Å². The predicted molar refractivity (Wildman–Crippen MR) is 146 cm³/mol. The number of aryl methyl sites for hydroxylation is 1. The van der Waals surface area contributed by atoms with E-state index in [1.54, 1.807) is 26.8 Å². The van der Waals surface area contributed by atoms with Crippen LogP contribution < -0.4 is 10.6 Å². The molecule has 7 nitrogen and oxygen atoms in total. The Morgan fingerprint density at radius 2 is 1.75 bits per heavy atom. The zero-order valence-electron chi connectivity index (χ0n) is 23.7. The highest BCUT2D eigenvalue weighted by Gasteiger charge is 2.37. The minimum atomic E-state index is -0.871. The van der Waals surface area contributed by atoms with Crippen molar-refractivity contribution in [3.05, 3.63) is 47.5 Å². The van der Waals surface area contributed by atoms with E-state index in [1.165, 1.54) is 4.90 Å². The van der Waals surface area contributed by atoms with Crippen LogP contribution in [0.1, 0.15) is 90.5 Å².